The third kappa shape index (κ3) is 5.48. The molecule has 22 heavy (non-hydrogen) atoms. The van der Waals surface area contributed by atoms with E-state index in [0.717, 1.165) is 6.42 Å². The summed E-state index contributed by atoms with van der Waals surface area (Å²) >= 11 is 0. The van der Waals surface area contributed by atoms with Crippen LogP contribution in [0.5, 0.6) is 5.75 Å². The molecule has 1 aromatic rings. The van der Waals surface area contributed by atoms with Crippen molar-refractivity contribution in [1.29, 1.82) is 0 Å². The molecule has 0 saturated carbocycles. The molecule has 0 spiro atoms. The van der Waals surface area contributed by atoms with Gasteiger partial charge in [-0.3, -0.25) is 9.59 Å². The summed E-state index contributed by atoms with van der Waals surface area (Å²) in [5.41, 5.74) is 14.2. The van der Waals surface area contributed by atoms with Gasteiger partial charge in [-0.15, -0.1) is 0 Å². The zero-order valence-electron chi connectivity index (χ0n) is 13.5. The van der Waals surface area contributed by atoms with Gasteiger partial charge in [0.2, 0.25) is 0 Å². The molecular weight excluding hydrogens is 280 g/mol. The highest BCUT2D eigenvalue weighted by Crippen LogP contribution is 2.21. The van der Waals surface area contributed by atoms with E-state index in [9.17, 15) is 9.59 Å². The second kappa shape index (κ2) is 8.54. The highest BCUT2D eigenvalue weighted by Gasteiger charge is 2.18. The van der Waals surface area contributed by atoms with E-state index in [1.165, 1.54) is 0 Å². The number of benzene rings is 1. The lowest BCUT2D eigenvalue weighted by Gasteiger charge is -2.13. The predicted molar refractivity (Wildman–Crippen MR) is 85.8 cm³/mol. The minimum absolute atomic E-state index is 0.134. The summed E-state index contributed by atoms with van der Waals surface area (Å²) in [5, 5.41) is 0. The van der Waals surface area contributed by atoms with Gasteiger partial charge in [0.05, 0.1) is 18.2 Å². The lowest BCUT2D eigenvalue weighted by molar-refractivity contribution is -0.120. The molecule has 3 N–H and O–H groups in total. The monoisotopic (exact) mass is 305 g/mol. The molecule has 0 fully saturated rings. The molecule has 0 unspecified atom stereocenters. The van der Waals surface area contributed by atoms with E-state index >= 15 is 0 Å². The van der Waals surface area contributed by atoms with Crippen LogP contribution in [0.1, 0.15) is 49.5 Å². The lowest BCUT2D eigenvalue weighted by atomic mass is 9.96. The molecule has 121 valence electrons. The maximum Gasteiger partial charge on any atom is 0.252 e. The first kappa shape index (κ1) is 18.2. The van der Waals surface area contributed by atoms with Crippen LogP contribution in [0.25, 0.3) is 0 Å². The van der Waals surface area contributed by atoms with E-state index in [2.05, 4.69) is 0 Å². The summed E-state index contributed by atoms with van der Waals surface area (Å²) in [6, 6.07) is 4.28. The molecule has 0 aliphatic rings. The smallest absolute Gasteiger partial charge is 0.252 e. The molecule has 1 atom stereocenters. The number of nitrogens with two attached hydrogens (primary N) is 1. The van der Waals surface area contributed by atoms with Gasteiger partial charge in [-0.2, -0.15) is 0 Å². The number of rotatable bonds is 9. The number of amides is 1. The summed E-state index contributed by atoms with van der Waals surface area (Å²) in [6.07, 6.45) is 1.50. The molecule has 0 aromatic heterocycles. The molecule has 0 aliphatic heterocycles. The predicted octanol–water partition coefficient (Wildman–Crippen LogP) is 2.38. The Morgan fingerprint density at radius 2 is 2.00 bits per heavy atom. The second-order valence-electron chi connectivity index (χ2n) is 5.87. The zero-order valence-corrected chi connectivity index (χ0v) is 13.5. The number of ether oxygens (including phenoxy) is 1. The number of nitrogens with one attached hydrogen (secondary N) is 1. The fraction of sp³-hybridized carbons (Fsp3) is 0.529. The van der Waals surface area contributed by atoms with Gasteiger partial charge in [0.15, 0.2) is 5.78 Å². The molecule has 5 heteroatoms. The fourth-order valence-corrected chi connectivity index (χ4v) is 2.14. The van der Waals surface area contributed by atoms with Crippen LogP contribution in [0, 0.1) is 5.92 Å². The summed E-state index contributed by atoms with van der Waals surface area (Å²) in [5.74, 6) is 0.0176. The summed E-state index contributed by atoms with van der Waals surface area (Å²) in [4.78, 5) is 23.6. The Balaban J connectivity index is 2.86. The van der Waals surface area contributed by atoms with E-state index in [1.54, 1.807) is 18.2 Å². The first-order valence-electron chi connectivity index (χ1n) is 7.64. The van der Waals surface area contributed by atoms with Gasteiger partial charge in [-0.1, -0.05) is 26.8 Å². The Labute approximate surface area is 132 Å². The van der Waals surface area contributed by atoms with E-state index in [1.807, 2.05) is 20.8 Å². The molecule has 1 radical (unpaired) electrons. The average molecular weight is 305 g/mol. The molecule has 1 rings (SSSR count). The van der Waals surface area contributed by atoms with Crippen molar-refractivity contribution < 1.29 is 14.3 Å². The van der Waals surface area contributed by atoms with Gasteiger partial charge < -0.3 is 10.5 Å². The van der Waals surface area contributed by atoms with Crippen LogP contribution in [-0.2, 0) is 11.2 Å². The van der Waals surface area contributed by atoms with Crippen molar-refractivity contribution >= 4 is 11.7 Å². The molecule has 0 bridgehead atoms. The van der Waals surface area contributed by atoms with Crippen molar-refractivity contribution in [3.63, 3.8) is 0 Å². The van der Waals surface area contributed by atoms with Crippen molar-refractivity contribution in [1.82, 2.24) is 5.73 Å². The number of primary amides is 1. The third-order valence-corrected chi connectivity index (χ3v) is 3.25. The third-order valence-electron chi connectivity index (χ3n) is 3.25. The van der Waals surface area contributed by atoms with E-state index in [0.29, 0.717) is 30.3 Å². The van der Waals surface area contributed by atoms with Crippen LogP contribution in [0.15, 0.2) is 18.2 Å². The minimum Gasteiger partial charge on any atom is -0.493 e. The number of carbonyl (C=O) groups excluding carboxylic acids is 2. The van der Waals surface area contributed by atoms with Crippen molar-refractivity contribution in [2.75, 3.05) is 6.61 Å². The van der Waals surface area contributed by atoms with Crippen molar-refractivity contribution in [3.8, 4) is 5.75 Å². The number of hydrogen-bond acceptors (Lipinski definition) is 3. The Hall–Kier alpha value is -1.88. The maximum absolute atomic E-state index is 12.1. The van der Waals surface area contributed by atoms with Crippen molar-refractivity contribution in [2.24, 2.45) is 11.7 Å². The van der Waals surface area contributed by atoms with Crippen LogP contribution >= 0.6 is 0 Å². The van der Waals surface area contributed by atoms with Gasteiger partial charge >= 0.3 is 0 Å². The van der Waals surface area contributed by atoms with Crippen LogP contribution in [0.2, 0.25) is 0 Å². The number of Topliss-reactive ketones (excluding diaryl/α,β-unsaturated/α-hetero) is 1. The van der Waals surface area contributed by atoms with Crippen LogP contribution < -0.4 is 16.2 Å². The number of hydrogen-bond donors (Lipinski definition) is 1. The van der Waals surface area contributed by atoms with Gasteiger partial charge in [0, 0.05) is 6.42 Å². The topological polar surface area (TPSA) is 93.2 Å². The summed E-state index contributed by atoms with van der Waals surface area (Å²) < 4.78 is 5.48. The molecule has 5 nitrogen and oxygen atoms in total. The number of carbonyl (C=O) groups is 2. The first-order valence-corrected chi connectivity index (χ1v) is 7.64. The molecule has 1 amide bonds. The fourth-order valence-electron chi connectivity index (χ4n) is 2.14. The standard InChI is InChI=1S/C17H25N2O3/c1-4-7-22-16-6-5-12(9-13(16)17(19)21)10-15(20)14(18)8-11(2)3/h5-6,9,11,14,18H,4,7-8,10H2,1-3H3,(H2,19,21)/t14-/m0/s1. The van der Waals surface area contributed by atoms with Gasteiger partial charge in [-0.05, 0) is 36.5 Å². The Bertz CT molecular complexity index is 527. The molecule has 0 heterocycles. The Morgan fingerprint density at radius 3 is 2.55 bits per heavy atom. The first-order chi connectivity index (χ1) is 10.3. The zero-order chi connectivity index (χ0) is 16.7. The molecule has 0 saturated heterocycles. The summed E-state index contributed by atoms with van der Waals surface area (Å²) in [7, 11) is 0. The largest absolute Gasteiger partial charge is 0.493 e. The van der Waals surface area contributed by atoms with Crippen LogP contribution in [0.3, 0.4) is 0 Å². The van der Waals surface area contributed by atoms with E-state index in [-0.39, 0.29) is 17.8 Å². The highest BCUT2D eigenvalue weighted by atomic mass is 16.5. The Kier molecular flexibility index (Phi) is 7.05. The quantitative estimate of drug-likeness (QED) is 0.759. The van der Waals surface area contributed by atoms with Gasteiger partial charge in [-0.25, -0.2) is 5.73 Å². The second-order valence-corrected chi connectivity index (χ2v) is 5.87. The normalized spacial score (nSPS) is 12.2. The van der Waals surface area contributed by atoms with E-state index in [4.69, 9.17) is 16.2 Å². The molecule has 1 aromatic carbocycles. The number of ketones is 1. The average Bonchev–Trinajstić information content (AvgIpc) is 2.44. The lowest BCUT2D eigenvalue weighted by Crippen LogP contribution is -2.25. The van der Waals surface area contributed by atoms with Crippen molar-refractivity contribution in [2.45, 2.75) is 46.1 Å². The van der Waals surface area contributed by atoms with Crippen LogP contribution in [0.4, 0.5) is 0 Å². The minimum atomic E-state index is -0.729. The summed E-state index contributed by atoms with van der Waals surface area (Å²) in [6.45, 7) is 6.45. The highest BCUT2D eigenvalue weighted by molar-refractivity contribution is 5.96. The molecule has 0 aliphatic carbocycles. The van der Waals surface area contributed by atoms with Gasteiger partial charge in [0.1, 0.15) is 5.75 Å². The SMILES string of the molecule is CCCOc1ccc(CC(=O)[C@@H]([NH])CC(C)C)cc1C(N)=O. The molecular formula is C17H25N2O3. The Morgan fingerprint density at radius 1 is 1.32 bits per heavy atom. The van der Waals surface area contributed by atoms with E-state index < -0.39 is 11.9 Å². The maximum atomic E-state index is 12.1. The van der Waals surface area contributed by atoms with Crippen molar-refractivity contribution in [3.05, 3.63) is 29.3 Å². The van der Waals surface area contributed by atoms with Gasteiger partial charge in [0.25, 0.3) is 5.91 Å². The van der Waals surface area contributed by atoms with Crippen LogP contribution in [-0.4, -0.2) is 24.3 Å².